The molecular formula is C11H10BrF3N4O3S. The summed E-state index contributed by atoms with van der Waals surface area (Å²) in [6.07, 6.45) is -4.51. The molecule has 0 spiro atoms. The van der Waals surface area contributed by atoms with Crippen LogP contribution >= 0.6 is 15.9 Å². The first-order chi connectivity index (χ1) is 10.7. The third-order valence-electron chi connectivity index (χ3n) is 2.55. The van der Waals surface area contributed by atoms with Crippen molar-refractivity contribution in [3.8, 4) is 11.4 Å². The van der Waals surface area contributed by atoms with Gasteiger partial charge in [-0.25, -0.2) is 22.8 Å². The number of hydrogen-bond acceptors (Lipinski definition) is 5. The Labute approximate surface area is 138 Å². The summed E-state index contributed by atoms with van der Waals surface area (Å²) < 4.78 is 65.0. The largest absolute Gasteiger partial charge is 0.573 e. The van der Waals surface area contributed by atoms with Crippen LogP contribution in [0.5, 0.6) is 5.75 Å². The molecule has 0 aliphatic heterocycles. The first-order valence-electron chi connectivity index (χ1n) is 6.10. The van der Waals surface area contributed by atoms with E-state index >= 15 is 0 Å². The summed E-state index contributed by atoms with van der Waals surface area (Å²) in [7, 11) is -2.71. The van der Waals surface area contributed by atoms with E-state index in [-0.39, 0.29) is 23.4 Å². The van der Waals surface area contributed by atoms with E-state index in [1.165, 1.54) is 16.8 Å². The molecule has 0 aliphatic rings. The van der Waals surface area contributed by atoms with Gasteiger partial charge in [-0.15, -0.1) is 18.3 Å². The van der Waals surface area contributed by atoms with Crippen LogP contribution in [0.1, 0.15) is 5.82 Å². The highest BCUT2D eigenvalue weighted by atomic mass is 79.9. The first-order valence-corrected chi connectivity index (χ1v) is 8.07. The lowest BCUT2D eigenvalue weighted by Gasteiger charge is -2.10. The molecule has 12 heteroatoms. The smallest absolute Gasteiger partial charge is 0.406 e. The van der Waals surface area contributed by atoms with Gasteiger partial charge in [0.1, 0.15) is 11.6 Å². The zero-order valence-electron chi connectivity index (χ0n) is 11.2. The Morgan fingerprint density at radius 2 is 1.91 bits per heavy atom. The van der Waals surface area contributed by atoms with Gasteiger partial charge in [0, 0.05) is 13.0 Å². The van der Waals surface area contributed by atoms with Gasteiger partial charge >= 0.3 is 6.36 Å². The standard InChI is InChI=1S/C11H10BrF3N4O3S/c12-10-17-9(5-6-16-23(20)21)19(18-10)7-1-3-8(4-2-7)22-11(13,14)15/h1-4,23H,5-6H2,(H,16,20,21). The van der Waals surface area contributed by atoms with Gasteiger partial charge in [-0.1, -0.05) is 0 Å². The SMILES string of the molecule is O=[SH](=O)NCCc1nc(Br)nn1-c1ccc(OC(F)(F)F)cc1. The molecule has 0 fully saturated rings. The molecule has 1 heterocycles. The van der Waals surface area contributed by atoms with Gasteiger partial charge in [0.25, 0.3) is 0 Å². The van der Waals surface area contributed by atoms with Crippen molar-refractivity contribution in [3.63, 3.8) is 0 Å². The molecule has 0 bridgehead atoms. The molecule has 0 atom stereocenters. The van der Waals surface area contributed by atoms with E-state index < -0.39 is 17.3 Å². The number of ether oxygens (including phenoxy) is 1. The average Bonchev–Trinajstić information content (AvgIpc) is 2.78. The number of rotatable bonds is 6. The highest BCUT2D eigenvalue weighted by Crippen LogP contribution is 2.24. The van der Waals surface area contributed by atoms with Crippen molar-refractivity contribution in [3.05, 3.63) is 34.8 Å². The quantitative estimate of drug-likeness (QED) is 0.700. The number of nitrogens with zero attached hydrogens (tertiary/aromatic N) is 3. The minimum absolute atomic E-state index is 0.124. The molecule has 2 rings (SSSR count). The first kappa shape index (κ1) is 17.7. The summed E-state index contributed by atoms with van der Waals surface area (Å²) in [6.45, 7) is 0.124. The summed E-state index contributed by atoms with van der Waals surface area (Å²) in [5, 5.41) is 4.06. The fraction of sp³-hybridized carbons (Fsp3) is 0.273. The van der Waals surface area contributed by atoms with Gasteiger partial charge in [0.2, 0.25) is 15.6 Å². The summed E-state index contributed by atoms with van der Waals surface area (Å²) in [5.41, 5.74) is 0.458. The van der Waals surface area contributed by atoms with Crippen molar-refractivity contribution in [2.45, 2.75) is 12.8 Å². The highest BCUT2D eigenvalue weighted by molar-refractivity contribution is 9.10. The van der Waals surface area contributed by atoms with Crippen LogP contribution in [0.25, 0.3) is 5.69 Å². The van der Waals surface area contributed by atoms with Crippen molar-refractivity contribution in [2.75, 3.05) is 6.54 Å². The molecule has 0 radical (unpaired) electrons. The van der Waals surface area contributed by atoms with Crippen LogP contribution in [0.4, 0.5) is 13.2 Å². The monoisotopic (exact) mass is 414 g/mol. The lowest BCUT2D eigenvalue weighted by molar-refractivity contribution is -0.274. The predicted octanol–water partition coefficient (Wildman–Crippen LogP) is 1.59. The molecule has 1 N–H and O–H groups in total. The van der Waals surface area contributed by atoms with Gasteiger partial charge in [-0.05, 0) is 40.2 Å². The number of benzene rings is 1. The predicted molar refractivity (Wildman–Crippen MR) is 77.8 cm³/mol. The molecule has 0 unspecified atom stereocenters. The number of nitrogens with one attached hydrogen (secondary N) is 1. The third-order valence-corrected chi connectivity index (χ3v) is 3.37. The minimum atomic E-state index is -4.76. The molecule has 0 saturated heterocycles. The van der Waals surface area contributed by atoms with E-state index in [1.807, 2.05) is 0 Å². The third kappa shape index (κ3) is 5.48. The Hall–Kier alpha value is -1.66. The fourth-order valence-electron chi connectivity index (χ4n) is 1.73. The fourth-order valence-corrected chi connectivity index (χ4v) is 2.39. The average molecular weight is 415 g/mol. The summed E-state index contributed by atoms with van der Waals surface area (Å²) in [6, 6.07) is 5.06. The number of thiol groups is 1. The molecule has 23 heavy (non-hydrogen) atoms. The van der Waals surface area contributed by atoms with Gasteiger partial charge < -0.3 is 4.74 Å². The molecule has 0 aliphatic carbocycles. The normalized spacial score (nSPS) is 11.9. The Morgan fingerprint density at radius 1 is 1.26 bits per heavy atom. The van der Waals surface area contributed by atoms with E-state index in [9.17, 15) is 21.6 Å². The van der Waals surface area contributed by atoms with Crippen molar-refractivity contribution >= 4 is 26.8 Å². The van der Waals surface area contributed by atoms with Crippen LogP contribution in [0.15, 0.2) is 29.0 Å². The number of hydrogen-bond donors (Lipinski definition) is 2. The maximum absolute atomic E-state index is 12.1. The van der Waals surface area contributed by atoms with E-state index in [2.05, 4.69) is 35.5 Å². The molecule has 1 aromatic carbocycles. The van der Waals surface area contributed by atoms with Gasteiger partial charge in [0.15, 0.2) is 0 Å². The lowest BCUT2D eigenvalue weighted by atomic mass is 10.3. The van der Waals surface area contributed by atoms with E-state index in [4.69, 9.17) is 0 Å². The molecule has 126 valence electrons. The van der Waals surface area contributed by atoms with Crippen molar-refractivity contribution in [1.82, 2.24) is 19.5 Å². The van der Waals surface area contributed by atoms with Crippen LogP contribution in [-0.4, -0.2) is 36.1 Å². The number of aromatic nitrogens is 3. The van der Waals surface area contributed by atoms with Gasteiger partial charge in [0.05, 0.1) is 5.69 Å². The Kier molecular flexibility index (Phi) is 5.59. The zero-order chi connectivity index (χ0) is 17.0. The maximum atomic E-state index is 12.1. The summed E-state index contributed by atoms with van der Waals surface area (Å²) in [5.74, 6) is 0.0812. The Morgan fingerprint density at radius 3 is 2.48 bits per heavy atom. The molecule has 7 nitrogen and oxygen atoms in total. The van der Waals surface area contributed by atoms with Crippen LogP contribution in [0, 0.1) is 0 Å². The summed E-state index contributed by atoms with van der Waals surface area (Å²) in [4.78, 5) is 4.09. The minimum Gasteiger partial charge on any atom is -0.406 e. The van der Waals surface area contributed by atoms with Crippen LogP contribution in [0.3, 0.4) is 0 Å². The molecule has 1 aromatic heterocycles. The van der Waals surface area contributed by atoms with Crippen LogP contribution in [0.2, 0.25) is 0 Å². The second kappa shape index (κ2) is 7.27. The van der Waals surface area contributed by atoms with E-state index in [0.29, 0.717) is 11.5 Å². The van der Waals surface area contributed by atoms with Crippen LogP contribution in [-0.2, 0) is 17.3 Å². The second-order valence-corrected chi connectivity index (χ2v) is 5.71. The number of halogens is 4. The highest BCUT2D eigenvalue weighted by Gasteiger charge is 2.31. The van der Waals surface area contributed by atoms with E-state index in [0.717, 1.165) is 12.1 Å². The van der Waals surface area contributed by atoms with Gasteiger partial charge in [-0.2, -0.15) is 0 Å². The lowest BCUT2D eigenvalue weighted by Crippen LogP contribution is -2.17. The van der Waals surface area contributed by atoms with Crippen molar-refractivity contribution in [1.29, 1.82) is 0 Å². The van der Waals surface area contributed by atoms with Crippen molar-refractivity contribution in [2.24, 2.45) is 0 Å². The Balaban J connectivity index is 2.17. The zero-order valence-corrected chi connectivity index (χ0v) is 13.7. The molecule has 0 saturated carbocycles. The van der Waals surface area contributed by atoms with Crippen LogP contribution < -0.4 is 9.46 Å². The maximum Gasteiger partial charge on any atom is 0.573 e. The molecule has 0 amide bonds. The van der Waals surface area contributed by atoms with E-state index in [1.54, 1.807) is 0 Å². The van der Waals surface area contributed by atoms with Gasteiger partial charge in [-0.3, -0.25) is 0 Å². The number of alkyl halides is 3. The molecule has 2 aromatic rings. The van der Waals surface area contributed by atoms with Crippen molar-refractivity contribution < 1.29 is 26.3 Å². The molecular weight excluding hydrogens is 405 g/mol. The second-order valence-electron chi connectivity index (χ2n) is 4.17. The summed E-state index contributed by atoms with van der Waals surface area (Å²) >= 11 is 3.10. The topological polar surface area (TPSA) is 86.1 Å². The Bertz CT molecular complexity index is 738.